The van der Waals surface area contributed by atoms with Gasteiger partial charge in [0, 0.05) is 6.54 Å². The quantitative estimate of drug-likeness (QED) is 0.866. The van der Waals surface area contributed by atoms with E-state index in [1.54, 1.807) is 0 Å². The number of aliphatic hydroxyl groups excluding tert-OH is 1. The van der Waals surface area contributed by atoms with E-state index in [0.29, 0.717) is 6.54 Å². The summed E-state index contributed by atoms with van der Waals surface area (Å²) in [6.45, 7) is 6.93. The van der Waals surface area contributed by atoms with Crippen LogP contribution < -0.4 is 0 Å². The second-order valence-electron chi connectivity index (χ2n) is 6.61. The van der Waals surface area contributed by atoms with Crippen LogP contribution in [0, 0.1) is 0 Å². The number of ether oxygens (including phenoxy) is 1. The molecule has 1 unspecified atom stereocenters. The van der Waals surface area contributed by atoms with Crippen LogP contribution in [-0.4, -0.2) is 40.7 Å². The maximum atomic E-state index is 12.2. The van der Waals surface area contributed by atoms with Crippen molar-refractivity contribution in [2.75, 3.05) is 13.1 Å². The second kappa shape index (κ2) is 6.58. The molecule has 0 aromatic heterocycles. The molecule has 0 aliphatic carbocycles. The predicted octanol–water partition coefficient (Wildman–Crippen LogP) is 2.53. The summed E-state index contributed by atoms with van der Waals surface area (Å²) in [7, 11) is 0. The number of carbonyl (C=O) groups excluding carboxylic acids is 1. The zero-order chi connectivity index (χ0) is 15.5. The molecule has 0 spiro atoms. The average Bonchev–Trinajstić information content (AvgIpc) is 2.86. The number of hydrogen-bond acceptors (Lipinski definition) is 4. The molecule has 1 aliphatic heterocycles. The number of likely N-dealkylation sites (tertiary alicyclic amines) is 1. The summed E-state index contributed by atoms with van der Waals surface area (Å²) < 4.78 is 5.48. The molecule has 0 radical (unpaired) electrons. The van der Waals surface area contributed by atoms with Gasteiger partial charge in [0.15, 0.2) is 0 Å². The number of nitrogens with zero attached hydrogens (tertiary/aromatic N) is 1. The van der Waals surface area contributed by atoms with Gasteiger partial charge in [-0.15, -0.1) is 0 Å². The van der Waals surface area contributed by atoms with Crippen molar-refractivity contribution in [1.29, 1.82) is 0 Å². The summed E-state index contributed by atoms with van der Waals surface area (Å²) in [6.07, 6.45) is 1.19. The number of carbonyl (C=O) groups is 1. The number of aliphatic hydroxyl groups is 1. The maximum absolute atomic E-state index is 12.2. The van der Waals surface area contributed by atoms with Crippen molar-refractivity contribution >= 4 is 5.97 Å². The van der Waals surface area contributed by atoms with Crippen molar-refractivity contribution < 1.29 is 14.6 Å². The third-order valence-electron chi connectivity index (χ3n) is 3.63. The Hall–Kier alpha value is -1.39. The Morgan fingerprint density at radius 2 is 2.05 bits per heavy atom. The Morgan fingerprint density at radius 3 is 2.67 bits per heavy atom. The number of rotatable bonds is 4. The van der Waals surface area contributed by atoms with E-state index in [4.69, 9.17) is 4.74 Å². The first-order valence-electron chi connectivity index (χ1n) is 7.57. The van der Waals surface area contributed by atoms with E-state index < -0.39 is 11.7 Å². The highest BCUT2D eigenvalue weighted by Crippen LogP contribution is 2.24. The fraction of sp³-hybridized carbons (Fsp3) is 0.588. The lowest BCUT2D eigenvalue weighted by Gasteiger charge is -2.28. The Bertz CT molecular complexity index is 467. The van der Waals surface area contributed by atoms with Crippen LogP contribution in [0.25, 0.3) is 0 Å². The highest BCUT2D eigenvalue weighted by atomic mass is 16.6. The van der Waals surface area contributed by atoms with Gasteiger partial charge in [0.25, 0.3) is 0 Å². The molecule has 0 amide bonds. The van der Waals surface area contributed by atoms with Crippen molar-refractivity contribution in [2.24, 2.45) is 0 Å². The molecule has 0 bridgehead atoms. The molecule has 1 fully saturated rings. The van der Waals surface area contributed by atoms with E-state index in [0.717, 1.165) is 24.9 Å². The number of hydrogen-bond donors (Lipinski definition) is 1. The van der Waals surface area contributed by atoms with Crippen molar-refractivity contribution in [3.63, 3.8) is 0 Å². The summed E-state index contributed by atoms with van der Waals surface area (Å²) >= 11 is 0. The zero-order valence-corrected chi connectivity index (χ0v) is 13.1. The van der Waals surface area contributed by atoms with E-state index in [1.165, 1.54) is 0 Å². The van der Waals surface area contributed by atoms with Crippen LogP contribution >= 0.6 is 0 Å². The molecule has 4 heteroatoms. The van der Waals surface area contributed by atoms with Gasteiger partial charge in [-0.3, -0.25) is 9.69 Å². The minimum atomic E-state index is -0.575. The standard InChI is InChI=1S/C17H25NO3/c1-17(2,3)21-16(20)14-10-7-11-18(14)12-15(19)13-8-5-4-6-9-13/h4-6,8-9,14-15,19H,7,10-12H2,1-3H3/t14-,15?/m0/s1. The molecular weight excluding hydrogens is 266 g/mol. The van der Waals surface area contributed by atoms with E-state index in [2.05, 4.69) is 0 Å². The fourth-order valence-electron chi connectivity index (χ4n) is 2.68. The topological polar surface area (TPSA) is 49.8 Å². The van der Waals surface area contributed by atoms with Crippen LogP contribution in [0.2, 0.25) is 0 Å². The van der Waals surface area contributed by atoms with E-state index in [-0.39, 0.29) is 12.0 Å². The van der Waals surface area contributed by atoms with Crippen LogP contribution in [0.3, 0.4) is 0 Å². The lowest BCUT2D eigenvalue weighted by Crippen LogP contribution is -2.42. The molecule has 4 nitrogen and oxygen atoms in total. The molecule has 21 heavy (non-hydrogen) atoms. The van der Waals surface area contributed by atoms with Crippen molar-refractivity contribution in [3.05, 3.63) is 35.9 Å². The molecule has 2 rings (SSSR count). The largest absolute Gasteiger partial charge is 0.459 e. The summed E-state index contributed by atoms with van der Waals surface area (Å²) in [5.41, 5.74) is 0.413. The van der Waals surface area contributed by atoms with E-state index in [9.17, 15) is 9.90 Å². The van der Waals surface area contributed by atoms with Crippen LogP contribution in [0.5, 0.6) is 0 Å². The highest BCUT2D eigenvalue weighted by molar-refractivity contribution is 5.76. The zero-order valence-electron chi connectivity index (χ0n) is 13.1. The second-order valence-corrected chi connectivity index (χ2v) is 6.61. The van der Waals surface area contributed by atoms with Gasteiger partial charge < -0.3 is 9.84 Å². The molecule has 0 saturated carbocycles. The minimum absolute atomic E-state index is 0.180. The molecule has 1 aliphatic rings. The van der Waals surface area contributed by atoms with Crippen molar-refractivity contribution in [3.8, 4) is 0 Å². The fourth-order valence-corrected chi connectivity index (χ4v) is 2.68. The van der Waals surface area contributed by atoms with Crippen molar-refractivity contribution in [1.82, 2.24) is 4.90 Å². The lowest BCUT2D eigenvalue weighted by molar-refractivity contribution is -0.160. The monoisotopic (exact) mass is 291 g/mol. The van der Waals surface area contributed by atoms with Crippen molar-refractivity contribution in [2.45, 2.75) is 51.4 Å². The lowest BCUT2D eigenvalue weighted by atomic mass is 10.1. The first kappa shape index (κ1) is 16.0. The Balaban J connectivity index is 1.97. The SMILES string of the molecule is CC(C)(C)OC(=O)[C@@H]1CCCN1CC(O)c1ccccc1. The minimum Gasteiger partial charge on any atom is -0.459 e. The van der Waals surface area contributed by atoms with Crippen LogP contribution in [0.4, 0.5) is 0 Å². The number of β-amino-alcohol motifs (C(OH)–C–C–N with tert-alkyl or cyclic N) is 1. The summed E-state index contributed by atoms with van der Waals surface area (Å²) in [4.78, 5) is 14.3. The third kappa shape index (κ3) is 4.55. The summed E-state index contributed by atoms with van der Waals surface area (Å²) in [6, 6.07) is 9.33. The van der Waals surface area contributed by atoms with Gasteiger partial charge in [0.05, 0.1) is 6.10 Å². The molecule has 1 saturated heterocycles. The van der Waals surface area contributed by atoms with Gasteiger partial charge in [-0.05, 0) is 45.7 Å². The first-order valence-corrected chi connectivity index (χ1v) is 7.57. The highest BCUT2D eigenvalue weighted by Gasteiger charge is 2.34. The molecular formula is C17H25NO3. The van der Waals surface area contributed by atoms with Crippen LogP contribution in [0.15, 0.2) is 30.3 Å². The maximum Gasteiger partial charge on any atom is 0.323 e. The Labute approximate surface area is 126 Å². The molecule has 2 atom stereocenters. The first-order chi connectivity index (χ1) is 9.87. The molecule has 1 N–H and O–H groups in total. The van der Waals surface area contributed by atoms with Gasteiger partial charge >= 0.3 is 5.97 Å². The molecule has 116 valence electrons. The third-order valence-corrected chi connectivity index (χ3v) is 3.63. The van der Waals surface area contributed by atoms with Crippen LogP contribution in [-0.2, 0) is 9.53 Å². The summed E-state index contributed by atoms with van der Waals surface area (Å²) in [5, 5.41) is 10.3. The van der Waals surface area contributed by atoms with Gasteiger partial charge in [0.1, 0.15) is 11.6 Å². The molecule has 1 heterocycles. The number of esters is 1. The average molecular weight is 291 g/mol. The van der Waals surface area contributed by atoms with Crippen LogP contribution in [0.1, 0.15) is 45.3 Å². The normalized spacial score (nSPS) is 21.2. The van der Waals surface area contributed by atoms with Gasteiger partial charge in [0.2, 0.25) is 0 Å². The molecule has 1 aromatic carbocycles. The van der Waals surface area contributed by atoms with Gasteiger partial charge in [-0.25, -0.2) is 0 Å². The smallest absolute Gasteiger partial charge is 0.323 e. The van der Waals surface area contributed by atoms with Gasteiger partial charge in [-0.2, -0.15) is 0 Å². The Morgan fingerprint density at radius 1 is 1.38 bits per heavy atom. The predicted molar refractivity (Wildman–Crippen MR) is 81.8 cm³/mol. The van der Waals surface area contributed by atoms with E-state index >= 15 is 0 Å². The Kier molecular flexibility index (Phi) is 5.01. The summed E-state index contributed by atoms with van der Waals surface area (Å²) in [5.74, 6) is -0.180. The number of benzene rings is 1. The molecule has 1 aromatic rings. The van der Waals surface area contributed by atoms with Gasteiger partial charge in [-0.1, -0.05) is 30.3 Å². The van der Waals surface area contributed by atoms with E-state index in [1.807, 2.05) is 56.0 Å².